The number of imide groups is 1. The molecule has 1 aromatic carbocycles. The van der Waals surface area contributed by atoms with Crippen molar-refractivity contribution in [3.8, 4) is 11.4 Å². The van der Waals surface area contributed by atoms with Gasteiger partial charge in [0, 0.05) is 42.4 Å². The van der Waals surface area contributed by atoms with Crippen LogP contribution in [0.1, 0.15) is 81.4 Å². The second kappa shape index (κ2) is 12.2. The number of alkyl carbamates (subject to hydrolysis) is 1. The average Bonchev–Trinajstić information content (AvgIpc) is 3.36. The molecule has 11 nitrogen and oxygen atoms in total. The lowest BCUT2D eigenvalue weighted by Crippen LogP contribution is -2.49. The highest BCUT2D eigenvalue weighted by molar-refractivity contribution is 5.95. The predicted octanol–water partition coefficient (Wildman–Crippen LogP) is 4.30. The quantitative estimate of drug-likeness (QED) is 0.264. The van der Waals surface area contributed by atoms with E-state index < -0.39 is 17.7 Å². The zero-order valence-corrected chi connectivity index (χ0v) is 24.9. The van der Waals surface area contributed by atoms with E-state index >= 15 is 0 Å². The molecular weight excluding hydrogens is 564 g/mol. The third-order valence-corrected chi connectivity index (χ3v) is 8.89. The van der Waals surface area contributed by atoms with Crippen molar-refractivity contribution in [1.82, 2.24) is 19.8 Å². The average molecular weight is 601 g/mol. The number of ether oxygens (including phenoxy) is 2. The third kappa shape index (κ3) is 5.35. The smallest absolute Gasteiger partial charge is 0.408 e. The number of hydrogen-bond acceptors (Lipinski definition) is 8. The first kappa shape index (κ1) is 29.5. The summed E-state index contributed by atoms with van der Waals surface area (Å²) in [5, 5.41) is 3.55. The van der Waals surface area contributed by atoms with Crippen LogP contribution in [0.15, 0.2) is 41.2 Å². The highest BCUT2D eigenvalue weighted by atomic mass is 16.6. The van der Waals surface area contributed by atoms with Gasteiger partial charge in [-0.05, 0) is 37.5 Å². The lowest BCUT2D eigenvalue weighted by Gasteiger charge is -2.35. The number of carbonyl (C=O) groups excluding carboxylic acids is 4. The van der Waals surface area contributed by atoms with Gasteiger partial charge >= 0.3 is 12.1 Å². The van der Waals surface area contributed by atoms with E-state index in [0.29, 0.717) is 17.9 Å². The molecule has 1 atom stereocenters. The highest BCUT2D eigenvalue weighted by Crippen LogP contribution is 2.41. The van der Waals surface area contributed by atoms with Crippen molar-refractivity contribution in [3.63, 3.8) is 0 Å². The van der Waals surface area contributed by atoms with Gasteiger partial charge < -0.3 is 19.4 Å². The number of pyridine rings is 2. The zero-order chi connectivity index (χ0) is 30.8. The number of para-hydroxylation sites is 1. The van der Waals surface area contributed by atoms with Gasteiger partial charge in [0.05, 0.1) is 29.0 Å². The molecule has 0 unspecified atom stereocenters. The molecule has 230 valence electrons. The molecule has 11 heteroatoms. The van der Waals surface area contributed by atoms with E-state index in [2.05, 4.69) is 5.32 Å². The number of rotatable bonds is 5. The predicted molar refractivity (Wildman–Crippen MR) is 160 cm³/mol. The van der Waals surface area contributed by atoms with Crippen LogP contribution < -0.4 is 10.9 Å². The summed E-state index contributed by atoms with van der Waals surface area (Å²) < 4.78 is 12.8. The number of cyclic esters (lactones) is 1. The minimum Gasteiger partial charge on any atom is -0.457 e. The number of carbonyl (C=O) groups is 4. The van der Waals surface area contributed by atoms with Crippen molar-refractivity contribution in [2.45, 2.75) is 83.5 Å². The largest absolute Gasteiger partial charge is 0.457 e. The van der Waals surface area contributed by atoms with Crippen LogP contribution >= 0.6 is 0 Å². The summed E-state index contributed by atoms with van der Waals surface area (Å²) in [6, 6.07) is 11.4. The maximum Gasteiger partial charge on any atom is 0.408 e. The SMILES string of the molecule is CC[C@@]1(OC(=O)NCCN2C(=O)CCCCCCCCC2=O)C(=O)OCc2c1cc1n(c2=O)Cc2cc3ccccc3nc2-1. The van der Waals surface area contributed by atoms with Gasteiger partial charge in [0.2, 0.25) is 17.4 Å². The van der Waals surface area contributed by atoms with E-state index in [1.807, 2.05) is 30.3 Å². The summed E-state index contributed by atoms with van der Waals surface area (Å²) in [5.74, 6) is -1.27. The first-order valence-electron chi connectivity index (χ1n) is 15.5. The zero-order valence-electron chi connectivity index (χ0n) is 24.9. The fraction of sp³-hybridized carbons (Fsp3) is 0.455. The molecule has 1 fully saturated rings. The van der Waals surface area contributed by atoms with Crippen LogP contribution in [0.2, 0.25) is 0 Å². The summed E-state index contributed by atoms with van der Waals surface area (Å²) in [4.78, 5) is 71.7. The number of aromatic nitrogens is 2. The van der Waals surface area contributed by atoms with Crippen LogP contribution in [0.25, 0.3) is 22.3 Å². The Labute approximate surface area is 254 Å². The van der Waals surface area contributed by atoms with Gasteiger partial charge in [-0.3, -0.25) is 19.3 Å². The van der Waals surface area contributed by atoms with Gasteiger partial charge in [0.1, 0.15) is 6.61 Å². The van der Waals surface area contributed by atoms with Gasteiger partial charge in [0.15, 0.2) is 0 Å². The molecule has 3 aromatic rings. The Kier molecular flexibility index (Phi) is 8.20. The molecule has 3 aliphatic rings. The molecule has 3 aliphatic heterocycles. The van der Waals surface area contributed by atoms with Crippen molar-refractivity contribution in [2.75, 3.05) is 13.1 Å². The molecule has 44 heavy (non-hydrogen) atoms. The first-order valence-corrected chi connectivity index (χ1v) is 15.5. The molecule has 2 aromatic heterocycles. The summed E-state index contributed by atoms with van der Waals surface area (Å²) in [6.07, 6.45) is 5.10. The molecule has 5 heterocycles. The van der Waals surface area contributed by atoms with Crippen LogP contribution in [-0.2, 0) is 42.6 Å². The van der Waals surface area contributed by atoms with Gasteiger partial charge in [-0.2, -0.15) is 0 Å². The third-order valence-electron chi connectivity index (χ3n) is 8.89. The van der Waals surface area contributed by atoms with Crippen molar-refractivity contribution in [1.29, 1.82) is 0 Å². The van der Waals surface area contributed by atoms with E-state index in [4.69, 9.17) is 14.5 Å². The van der Waals surface area contributed by atoms with Crippen LogP contribution in [0.3, 0.4) is 0 Å². The Hall–Kier alpha value is -4.54. The normalized spacial score (nSPS) is 20.3. The molecule has 0 radical (unpaired) electrons. The van der Waals surface area contributed by atoms with E-state index in [-0.39, 0.29) is 67.5 Å². The van der Waals surface area contributed by atoms with E-state index in [0.717, 1.165) is 55.0 Å². The summed E-state index contributed by atoms with van der Waals surface area (Å²) in [7, 11) is 0. The Morgan fingerprint density at radius 1 is 1.00 bits per heavy atom. The highest BCUT2D eigenvalue weighted by Gasteiger charge is 2.50. The topological polar surface area (TPSA) is 137 Å². The van der Waals surface area contributed by atoms with Crippen molar-refractivity contribution in [3.05, 3.63) is 63.4 Å². The molecule has 3 amide bonds. The minimum atomic E-state index is -1.85. The van der Waals surface area contributed by atoms with Crippen LogP contribution in [-0.4, -0.2) is 51.4 Å². The standard InChI is InChI=1S/C33H36N4O7/c1-2-33(44-32(42)34-15-16-36-27(38)13-7-5-3-4-6-8-14-28(36)39)24-18-26-29-22(17-21-11-9-10-12-25(21)35-29)19-37(26)30(40)23(24)20-43-31(33)41/h9-12,17-18H,2-8,13-16,19-20H2,1H3,(H,34,42)/t33-/m0/s1. The second-order valence-electron chi connectivity index (χ2n) is 11.6. The number of fused-ring (bicyclic) bond motifs is 5. The number of esters is 1. The Balaban J connectivity index is 1.24. The fourth-order valence-corrected chi connectivity index (χ4v) is 6.46. The van der Waals surface area contributed by atoms with Crippen molar-refractivity contribution >= 4 is 34.8 Å². The van der Waals surface area contributed by atoms with E-state index in [9.17, 15) is 24.0 Å². The molecular formula is C33H36N4O7. The lowest BCUT2D eigenvalue weighted by atomic mass is 9.85. The molecule has 1 saturated heterocycles. The second-order valence-corrected chi connectivity index (χ2v) is 11.6. The van der Waals surface area contributed by atoms with Crippen LogP contribution in [0.5, 0.6) is 0 Å². The molecule has 0 aliphatic carbocycles. The Morgan fingerprint density at radius 2 is 1.70 bits per heavy atom. The monoisotopic (exact) mass is 600 g/mol. The van der Waals surface area contributed by atoms with Gasteiger partial charge in [-0.1, -0.05) is 50.8 Å². The summed E-state index contributed by atoms with van der Waals surface area (Å²) in [6.45, 7) is 1.73. The van der Waals surface area contributed by atoms with Gasteiger partial charge in [0.25, 0.3) is 5.56 Å². The van der Waals surface area contributed by atoms with Gasteiger partial charge in [-0.15, -0.1) is 0 Å². The molecule has 0 bridgehead atoms. The summed E-state index contributed by atoms with van der Waals surface area (Å²) >= 11 is 0. The van der Waals surface area contributed by atoms with Crippen LogP contribution in [0, 0.1) is 0 Å². The number of benzene rings is 1. The summed E-state index contributed by atoms with van der Waals surface area (Å²) in [5.41, 5.74) is 1.19. The molecule has 1 N–H and O–H groups in total. The number of hydrogen-bond donors (Lipinski definition) is 1. The maximum atomic E-state index is 13.7. The molecule has 6 rings (SSSR count). The van der Waals surface area contributed by atoms with Crippen molar-refractivity contribution < 1.29 is 28.7 Å². The lowest BCUT2D eigenvalue weighted by molar-refractivity contribution is -0.172. The molecule has 0 spiro atoms. The van der Waals surface area contributed by atoms with Gasteiger partial charge in [-0.25, -0.2) is 14.6 Å². The Bertz CT molecular complexity index is 1690. The Morgan fingerprint density at radius 3 is 2.43 bits per heavy atom. The fourth-order valence-electron chi connectivity index (χ4n) is 6.46. The first-order chi connectivity index (χ1) is 21.3. The number of nitrogens with one attached hydrogen (secondary N) is 1. The maximum absolute atomic E-state index is 13.7. The molecule has 0 saturated carbocycles. The minimum absolute atomic E-state index is 0.00179. The van der Waals surface area contributed by atoms with Crippen molar-refractivity contribution in [2.24, 2.45) is 0 Å². The number of nitrogens with zero attached hydrogens (tertiary/aromatic N) is 3. The number of amides is 3. The van der Waals surface area contributed by atoms with Crippen LogP contribution in [0.4, 0.5) is 4.79 Å². The van der Waals surface area contributed by atoms with E-state index in [1.54, 1.807) is 17.6 Å². The van der Waals surface area contributed by atoms with E-state index in [1.165, 1.54) is 4.90 Å².